The Bertz CT molecular complexity index is 256. The Morgan fingerprint density at radius 1 is 1.64 bits per heavy atom. The smallest absolute Gasteiger partial charge is 0.230 e. The van der Waals surface area contributed by atoms with Gasteiger partial charge in [0.1, 0.15) is 5.60 Å². The van der Waals surface area contributed by atoms with Crippen LogP contribution in [0.3, 0.4) is 0 Å². The molecule has 3 heteroatoms. The van der Waals surface area contributed by atoms with Gasteiger partial charge in [0.15, 0.2) is 6.10 Å². The van der Waals surface area contributed by atoms with E-state index < -0.39 is 11.7 Å². The molecule has 2 aliphatic rings. The van der Waals surface area contributed by atoms with Crippen molar-refractivity contribution < 1.29 is 14.3 Å². The van der Waals surface area contributed by atoms with Crippen LogP contribution in [0.5, 0.6) is 0 Å². The summed E-state index contributed by atoms with van der Waals surface area (Å²) in [6, 6.07) is 0. The molecule has 3 nitrogen and oxygen atoms in total. The van der Waals surface area contributed by atoms with Crippen LogP contribution in [-0.4, -0.2) is 23.3 Å². The normalized spacial score (nSPS) is 41.6. The molecular formula is C8H8O3. The van der Waals surface area contributed by atoms with Crippen LogP contribution in [0.4, 0.5) is 0 Å². The zero-order valence-electron chi connectivity index (χ0n) is 6.00. The number of hydrogen-bond acceptors (Lipinski definition) is 3. The molecule has 2 fully saturated rings. The maximum Gasteiger partial charge on any atom is 0.230 e. The largest absolute Gasteiger partial charge is 0.353 e. The summed E-state index contributed by atoms with van der Waals surface area (Å²) in [5, 5.41) is 0. The molecule has 2 rings (SSSR count). The minimum Gasteiger partial charge on any atom is -0.353 e. The van der Waals surface area contributed by atoms with Crippen molar-refractivity contribution in [1.82, 2.24) is 0 Å². The van der Waals surface area contributed by atoms with Gasteiger partial charge in [0.25, 0.3) is 0 Å². The molecule has 2 atom stereocenters. The SMILES string of the molecule is C=CC12CCC(=O)C(=O)C1O2. The fourth-order valence-electron chi connectivity index (χ4n) is 1.49. The lowest BCUT2D eigenvalue weighted by atomic mass is 9.88. The van der Waals surface area contributed by atoms with E-state index in [2.05, 4.69) is 6.58 Å². The van der Waals surface area contributed by atoms with Crippen molar-refractivity contribution in [2.45, 2.75) is 24.5 Å². The summed E-state index contributed by atoms with van der Waals surface area (Å²) in [6.07, 6.45) is 2.05. The molecular weight excluding hydrogens is 144 g/mol. The molecule has 0 aromatic rings. The summed E-state index contributed by atoms with van der Waals surface area (Å²) < 4.78 is 5.11. The van der Waals surface area contributed by atoms with Gasteiger partial charge in [-0.25, -0.2) is 0 Å². The van der Waals surface area contributed by atoms with Crippen molar-refractivity contribution in [3.05, 3.63) is 12.7 Å². The van der Waals surface area contributed by atoms with Crippen molar-refractivity contribution in [3.63, 3.8) is 0 Å². The van der Waals surface area contributed by atoms with Crippen LogP contribution in [0, 0.1) is 0 Å². The molecule has 0 N–H and O–H groups in total. The number of carbonyl (C=O) groups excluding carboxylic acids is 2. The molecule has 1 heterocycles. The first-order valence-corrected chi connectivity index (χ1v) is 3.58. The maximum atomic E-state index is 11.0. The molecule has 1 saturated heterocycles. The average Bonchev–Trinajstić information content (AvgIpc) is 2.74. The Kier molecular flexibility index (Phi) is 1.10. The molecule has 11 heavy (non-hydrogen) atoms. The van der Waals surface area contributed by atoms with Crippen molar-refractivity contribution in [2.24, 2.45) is 0 Å². The van der Waals surface area contributed by atoms with Crippen LogP contribution < -0.4 is 0 Å². The Morgan fingerprint density at radius 3 is 3.00 bits per heavy atom. The highest BCUT2D eigenvalue weighted by Gasteiger charge is 2.62. The minimum atomic E-state index is -0.499. The number of ketones is 2. The van der Waals surface area contributed by atoms with Crippen molar-refractivity contribution >= 4 is 11.6 Å². The molecule has 0 spiro atoms. The average molecular weight is 152 g/mol. The topological polar surface area (TPSA) is 46.7 Å². The fraction of sp³-hybridized carbons (Fsp3) is 0.500. The van der Waals surface area contributed by atoms with Crippen LogP contribution in [0.1, 0.15) is 12.8 Å². The maximum absolute atomic E-state index is 11.0. The van der Waals surface area contributed by atoms with E-state index in [4.69, 9.17) is 4.74 Å². The van der Waals surface area contributed by atoms with Crippen LogP contribution in [0.25, 0.3) is 0 Å². The highest BCUT2D eigenvalue weighted by Crippen LogP contribution is 2.45. The first kappa shape index (κ1) is 6.73. The second-order valence-corrected chi connectivity index (χ2v) is 2.94. The number of carbonyl (C=O) groups is 2. The summed E-state index contributed by atoms with van der Waals surface area (Å²) in [7, 11) is 0. The summed E-state index contributed by atoms with van der Waals surface area (Å²) in [4.78, 5) is 21.8. The molecule has 58 valence electrons. The zero-order chi connectivity index (χ0) is 8.06. The van der Waals surface area contributed by atoms with Crippen LogP contribution in [0.15, 0.2) is 12.7 Å². The van der Waals surface area contributed by atoms with Gasteiger partial charge in [-0.05, 0) is 6.42 Å². The van der Waals surface area contributed by atoms with E-state index in [1.807, 2.05) is 0 Å². The Labute approximate surface area is 64.0 Å². The molecule has 1 saturated carbocycles. The molecule has 0 aromatic carbocycles. The van der Waals surface area contributed by atoms with Gasteiger partial charge in [0, 0.05) is 6.42 Å². The van der Waals surface area contributed by atoms with Gasteiger partial charge < -0.3 is 4.74 Å². The lowest BCUT2D eigenvalue weighted by Gasteiger charge is -2.09. The Hall–Kier alpha value is -0.960. The van der Waals surface area contributed by atoms with Crippen molar-refractivity contribution in [1.29, 1.82) is 0 Å². The predicted octanol–water partition coefficient (Wildman–Crippen LogP) is 0.242. The van der Waals surface area contributed by atoms with E-state index in [0.29, 0.717) is 12.8 Å². The second kappa shape index (κ2) is 1.80. The van der Waals surface area contributed by atoms with Gasteiger partial charge in [0.05, 0.1) is 0 Å². The monoisotopic (exact) mass is 152 g/mol. The third-order valence-electron chi connectivity index (χ3n) is 2.33. The first-order chi connectivity index (χ1) is 5.19. The number of ether oxygens (including phenoxy) is 1. The van der Waals surface area contributed by atoms with E-state index in [-0.39, 0.29) is 11.6 Å². The summed E-state index contributed by atoms with van der Waals surface area (Å²) >= 11 is 0. The zero-order valence-corrected chi connectivity index (χ0v) is 6.00. The number of hydrogen-bond donors (Lipinski definition) is 0. The van der Waals surface area contributed by atoms with E-state index >= 15 is 0 Å². The number of epoxide rings is 1. The third-order valence-corrected chi connectivity index (χ3v) is 2.33. The van der Waals surface area contributed by atoms with Crippen LogP contribution in [0.2, 0.25) is 0 Å². The fourth-order valence-corrected chi connectivity index (χ4v) is 1.49. The van der Waals surface area contributed by atoms with Gasteiger partial charge in [-0.2, -0.15) is 0 Å². The standard InChI is InChI=1S/C8H8O3/c1-2-8-4-3-5(9)6(10)7(8)11-8/h2,7H,1,3-4H2. The minimum absolute atomic E-state index is 0.301. The quantitative estimate of drug-likeness (QED) is 0.307. The summed E-state index contributed by atoms with van der Waals surface area (Å²) in [6.45, 7) is 3.57. The van der Waals surface area contributed by atoms with Gasteiger partial charge in [-0.1, -0.05) is 6.08 Å². The summed E-state index contributed by atoms with van der Waals surface area (Å²) in [5.74, 6) is -0.680. The highest BCUT2D eigenvalue weighted by molar-refractivity contribution is 6.40. The van der Waals surface area contributed by atoms with E-state index in [1.54, 1.807) is 6.08 Å². The Balaban J connectivity index is 2.25. The number of fused-ring (bicyclic) bond motifs is 1. The predicted molar refractivity (Wildman–Crippen MR) is 37.0 cm³/mol. The number of Topliss-reactive ketones (excluding diaryl/α,β-unsaturated/α-hetero) is 2. The second-order valence-electron chi connectivity index (χ2n) is 2.94. The molecule has 0 bridgehead atoms. The van der Waals surface area contributed by atoms with E-state index in [0.717, 1.165) is 0 Å². The first-order valence-electron chi connectivity index (χ1n) is 3.58. The van der Waals surface area contributed by atoms with Gasteiger partial charge in [0.2, 0.25) is 11.6 Å². The van der Waals surface area contributed by atoms with Gasteiger partial charge in [-0.3, -0.25) is 9.59 Å². The highest BCUT2D eigenvalue weighted by atomic mass is 16.6. The number of rotatable bonds is 1. The van der Waals surface area contributed by atoms with E-state index in [9.17, 15) is 9.59 Å². The van der Waals surface area contributed by atoms with Crippen LogP contribution >= 0.6 is 0 Å². The third kappa shape index (κ3) is 0.715. The van der Waals surface area contributed by atoms with Gasteiger partial charge >= 0.3 is 0 Å². The molecule has 1 aliphatic carbocycles. The lowest BCUT2D eigenvalue weighted by Crippen LogP contribution is -2.31. The van der Waals surface area contributed by atoms with Crippen molar-refractivity contribution in [2.75, 3.05) is 0 Å². The van der Waals surface area contributed by atoms with E-state index in [1.165, 1.54) is 0 Å². The summed E-state index contributed by atoms with van der Waals surface area (Å²) in [5.41, 5.74) is -0.467. The van der Waals surface area contributed by atoms with Crippen LogP contribution in [-0.2, 0) is 14.3 Å². The van der Waals surface area contributed by atoms with Gasteiger partial charge in [-0.15, -0.1) is 6.58 Å². The van der Waals surface area contributed by atoms with Crippen molar-refractivity contribution in [3.8, 4) is 0 Å². The molecule has 2 unspecified atom stereocenters. The Morgan fingerprint density at radius 2 is 2.36 bits per heavy atom. The molecule has 0 aromatic heterocycles. The molecule has 1 aliphatic heterocycles. The molecule has 0 amide bonds. The molecule has 0 radical (unpaired) electrons. The lowest BCUT2D eigenvalue weighted by molar-refractivity contribution is -0.137.